The van der Waals surface area contributed by atoms with Crippen molar-refractivity contribution < 1.29 is 14.3 Å². The van der Waals surface area contributed by atoms with Gasteiger partial charge in [0.15, 0.2) is 5.71 Å². The Bertz CT molecular complexity index is 496. The molecular weight excluding hydrogens is 232 g/mol. The minimum atomic E-state index is -0.493. The van der Waals surface area contributed by atoms with Gasteiger partial charge in [-0.05, 0) is 5.56 Å². The summed E-state index contributed by atoms with van der Waals surface area (Å²) in [4.78, 5) is 23.0. The van der Waals surface area contributed by atoms with Gasteiger partial charge in [0.25, 0.3) is 0 Å². The highest BCUT2D eigenvalue weighted by atomic mass is 16.5. The van der Waals surface area contributed by atoms with Gasteiger partial charge in [-0.2, -0.15) is 5.10 Å². The summed E-state index contributed by atoms with van der Waals surface area (Å²) in [6.45, 7) is 1.80. The molecule has 0 aromatic heterocycles. The summed E-state index contributed by atoms with van der Waals surface area (Å²) < 4.78 is 4.71. The lowest BCUT2D eigenvalue weighted by atomic mass is 9.95. The highest BCUT2D eigenvalue weighted by Crippen LogP contribution is 2.25. The molecule has 2 rings (SSSR count). The van der Waals surface area contributed by atoms with Crippen molar-refractivity contribution in [1.82, 2.24) is 5.01 Å². The van der Waals surface area contributed by atoms with E-state index in [1.54, 1.807) is 0 Å². The quantitative estimate of drug-likeness (QED) is 0.736. The molecule has 0 aliphatic carbocycles. The number of hydrogen-bond donors (Lipinski definition) is 0. The van der Waals surface area contributed by atoms with Crippen molar-refractivity contribution in [2.75, 3.05) is 13.7 Å². The monoisotopic (exact) mass is 246 g/mol. The molecule has 1 atom stereocenters. The Balaban J connectivity index is 2.33. The van der Waals surface area contributed by atoms with Crippen LogP contribution in [0.2, 0.25) is 0 Å². The zero-order valence-electron chi connectivity index (χ0n) is 10.3. The summed E-state index contributed by atoms with van der Waals surface area (Å²) in [5.74, 6) is -0.898. The maximum atomic E-state index is 11.7. The zero-order valence-corrected chi connectivity index (χ0v) is 10.3. The Hall–Kier alpha value is -2.17. The van der Waals surface area contributed by atoms with E-state index in [2.05, 4.69) is 5.10 Å². The lowest BCUT2D eigenvalue weighted by molar-refractivity contribution is -0.132. The third-order valence-corrected chi connectivity index (χ3v) is 2.87. The van der Waals surface area contributed by atoms with Crippen LogP contribution in [-0.4, -0.2) is 36.3 Å². The van der Waals surface area contributed by atoms with Crippen LogP contribution in [-0.2, 0) is 14.3 Å². The molecule has 1 aliphatic rings. The maximum absolute atomic E-state index is 11.7. The van der Waals surface area contributed by atoms with Gasteiger partial charge in [-0.1, -0.05) is 30.3 Å². The van der Waals surface area contributed by atoms with Gasteiger partial charge in [0.05, 0.1) is 19.6 Å². The van der Waals surface area contributed by atoms with Crippen LogP contribution in [0.5, 0.6) is 0 Å². The van der Waals surface area contributed by atoms with E-state index < -0.39 is 5.97 Å². The lowest BCUT2D eigenvalue weighted by Crippen LogP contribution is -2.24. The van der Waals surface area contributed by atoms with Gasteiger partial charge < -0.3 is 4.74 Å². The van der Waals surface area contributed by atoms with Crippen LogP contribution in [0.15, 0.2) is 35.4 Å². The molecule has 0 N–H and O–H groups in total. The highest BCUT2D eigenvalue weighted by molar-refractivity contribution is 6.39. The molecule has 94 valence electrons. The van der Waals surface area contributed by atoms with Gasteiger partial charge >= 0.3 is 5.97 Å². The molecule has 0 fully saturated rings. The number of methoxy groups -OCH3 is 1. The number of carbonyl (C=O) groups excluding carboxylic acids is 2. The first kappa shape index (κ1) is 12.3. The summed E-state index contributed by atoms with van der Waals surface area (Å²) in [5, 5.41) is 5.34. The number of amides is 1. The van der Waals surface area contributed by atoms with E-state index in [0.29, 0.717) is 6.54 Å². The smallest absolute Gasteiger partial charge is 0.354 e. The molecule has 0 saturated heterocycles. The Morgan fingerprint density at radius 2 is 2.00 bits per heavy atom. The first-order valence-electron chi connectivity index (χ1n) is 5.63. The van der Waals surface area contributed by atoms with E-state index in [-0.39, 0.29) is 17.5 Å². The zero-order chi connectivity index (χ0) is 13.1. The molecule has 1 amide bonds. The van der Waals surface area contributed by atoms with Crippen LogP contribution >= 0.6 is 0 Å². The van der Waals surface area contributed by atoms with E-state index in [1.807, 2.05) is 30.3 Å². The predicted molar refractivity (Wildman–Crippen MR) is 66.0 cm³/mol. The summed E-state index contributed by atoms with van der Waals surface area (Å²) >= 11 is 0. The van der Waals surface area contributed by atoms with Crippen LogP contribution in [0, 0.1) is 0 Å². The Labute approximate surface area is 105 Å². The van der Waals surface area contributed by atoms with Crippen LogP contribution in [0.4, 0.5) is 0 Å². The molecule has 0 spiro atoms. The molecule has 0 saturated carbocycles. The van der Waals surface area contributed by atoms with E-state index in [0.717, 1.165) is 5.56 Å². The average molecular weight is 246 g/mol. The third kappa shape index (κ3) is 2.25. The van der Waals surface area contributed by atoms with Crippen LogP contribution in [0.1, 0.15) is 18.4 Å². The van der Waals surface area contributed by atoms with Gasteiger partial charge in [0.2, 0.25) is 5.91 Å². The van der Waals surface area contributed by atoms with Gasteiger partial charge in [0.1, 0.15) is 0 Å². The molecule has 5 heteroatoms. The largest absolute Gasteiger partial charge is 0.464 e. The highest BCUT2D eigenvalue weighted by Gasteiger charge is 2.34. The fourth-order valence-electron chi connectivity index (χ4n) is 1.94. The number of esters is 1. The predicted octanol–water partition coefficient (Wildman–Crippen LogP) is 1.16. The standard InChI is InChI=1S/C13H14N2O3/c1-9(16)15-8-11(10-6-4-3-5-7-10)12(14-15)13(17)18-2/h3-7,11H,8H2,1-2H3. The Morgan fingerprint density at radius 3 is 2.56 bits per heavy atom. The van der Waals surface area contributed by atoms with E-state index >= 15 is 0 Å². The number of rotatable bonds is 2. The van der Waals surface area contributed by atoms with Gasteiger partial charge in [-0.25, -0.2) is 9.80 Å². The molecule has 1 aromatic carbocycles. The van der Waals surface area contributed by atoms with Crippen molar-refractivity contribution in [3.05, 3.63) is 35.9 Å². The van der Waals surface area contributed by atoms with E-state index in [4.69, 9.17) is 4.74 Å². The van der Waals surface area contributed by atoms with Crippen LogP contribution < -0.4 is 0 Å². The van der Waals surface area contributed by atoms with E-state index in [1.165, 1.54) is 19.0 Å². The average Bonchev–Trinajstić information content (AvgIpc) is 2.84. The van der Waals surface area contributed by atoms with Gasteiger partial charge in [-0.3, -0.25) is 4.79 Å². The first-order valence-corrected chi connectivity index (χ1v) is 5.63. The second-order valence-electron chi connectivity index (χ2n) is 4.04. The second kappa shape index (κ2) is 5.00. The van der Waals surface area contributed by atoms with E-state index in [9.17, 15) is 9.59 Å². The molecule has 5 nitrogen and oxygen atoms in total. The summed E-state index contributed by atoms with van der Waals surface area (Å²) in [5.41, 5.74) is 1.23. The molecule has 18 heavy (non-hydrogen) atoms. The molecular formula is C13H14N2O3. The summed E-state index contributed by atoms with van der Waals surface area (Å²) in [7, 11) is 1.31. The van der Waals surface area contributed by atoms with Crippen molar-refractivity contribution in [2.24, 2.45) is 5.10 Å². The number of ether oxygens (including phenoxy) is 1. The van der Waals surface area contributed by atoms with Crippen molar-refractivity contribution in [3.8, 4) is 0 Å². The molecule has 0 radical (unpaired) electrons. The second-order valence-corrected chi connectivity index (χ2v) is 4.04. The number of hydrazone groups is 1. The SMILES string of the molecule is COC(=O)C1=NN(C(C)=O)CC1c1ccccc1. The third-order valence-electron chi connectivity index (χ3n) is 2.87. The van der Waals surface area contributed by atoms with Crippen molar-refractivity contribution in [3.63, 3.8) is 0 Å². The molecule has 1 unspecified atom stereocenters. The molecule has 1 aliphatic heterocycles. The fraction of sp³-hybridized carbons (Fsp3) is 0.308. The van der Waals surface area contributed by atoms with Crippen LogP contribution in [0.3, 0.4) is 0 Å². The maximum Gasteiger partial charge on any atom is 0.354 e. The van der Waals surface area contributed by atoms with Crippen molar-refractivity contribution >= 4 is 17.6 Å². The van der Waals surface area contributed by atoms with Crippen molar-refractivity contribution in [2.45, 2.75) is 12.8 Å². The molecule has 1 aromatic rings. The minimum absolute atomic E-state index is 0.185. The number of nitrogens with zero attached hydrogens (tertiary/aromatic N) is 2. The van der Waals surface area contributed by atoms with Crippen LogP contribution in [0.25, 0.3) is 0 Å². The Morgan fingerprint density at radius 1 is 1.33 bits per heavy atom. The van der Waals surface area contributed by atoms with Gasteiger partial charge in [0, 0.05) is 6.92 Å². The fourth-order valence-corrected chi connectivity index (χ4v) is 1.94. The lowest BCUT2D eigenvalue weighted by Gasteiger charge is -2.12. The number of carbonyl (C=O) groups is 2. The molecule has 1 heterocycles. The number of benzene rings is 1. The summed E-state index contributed by atoms with van der Waals surface area (Å²) in [6, 6.07) is 9.50. The topological polar surface area (TPSA) is 59.0 Å². The number of hydrogen-bond acceptors (Lipinski definition) is 4. The summed E-state index contributed by atoms with van der Waals surface area (Å²) in [6.07, 6.45) is 0. The van der Waals surface area contributed by atoms with Crippen molar-refractivity contribution in [1.29, 1.82) is 0 Å². The molecule has 0 bridgehead atoms. The normalized spacial score (nSPS) is 18.4. The van der Waals surface area contributed by atoms with Gasteiger partial charge in [-0.15, -0.1) is 0 Å². The first-order chi connectivity index (χ1) is 8.63. The Kier molecular flexibility index (Phi) is 3.41. The minimum Gasteiger partial charge on any atom is -0.464 e.